The predicted molar refractivity (Wildman–Crippen MR) is 224 cm³/mol. The van der Waals surface area contributed by atoms with Crippen LogP contribution < -0.4 is 15.9 Å². The van der Waals surface area contributed by atoms with Gasteiger partial charge < -0.3 is 4.57 Å². The molecule has 1 heterocycles. The van der Waals surface area contributed by atoms with E-state index in [4.69, 9.17) is 15.0 Å². The molecule has 0 aliphatic heterocycles. The standard InChI is InChI=1S/C49H34N3OP/c53-54(40-19-9-3-10-20-40,41-21-11-4-12-22-41)42-33-31-36(32-34-42)44-24-14-25-45-43(23-13-26-46(44)45)35-27-29-39(30-28-35)49-51-47(37-15-5-1-6-16-37)50-48(52-49)38-17-7-2-8-18-38/h1-34H. The Kier molecular flexibility index (Phi) is 8.80. The average Bonchev–Trinajstić information content (AvgIpc) is 3.27. The van der Waals surface area contributed by atoms with Gasteiger partial charge in [0.15, 0.2) is 24.6 Å². The van der Waals surface area contributed by atoms with Crippen LogP contribution in [-0.4, -0.2) is 15.0 Å². The molecule has 9 aromatic rings. The molecule has 256 valence electrons. The van der Waals surface area contributed by atoms with Crippen molar-refractivity contribution >= 4 is 33.8 Å². The summed E-state index contributed by atoms with van der Waals surface area (Å²) in [6, 6.07) is 69.3. The Morgan fingerprint density at radius 2 is 0.593 bits per heavy atom. The van der Waals surface area contributed by atoms with Crippen molar-refractivity contribution in [3.8, 4) is 56.4 Å². The summed E-state index contributed by atoms with van der Waals surface area (Å²) in [5.74, 6) is 1.91. The third kappa shape index (κ3) is 6.23. The molecule has 0 radical (unpaired) electrons. The van der Waals surface area contributed by atoms with Gasteiger partial charge in [0.25, 0.3) is 0 Å². The lowest BCUT2D eigenvalue weighted by Crippen LogP contribution is -2.24. The van der Waals surface area contributed by atoms with E-state index in [0.717, 1.165) is 65.6 Å². The number of hydrogen-bond donors (Lipinski definition) is 0. The number of benzene rings is 8. The Morgan fingerprint density at radius 1 is 0.278 bits per heavy atom. The van der Waals surface area contributed by atoms with Crippen molar-refractivity contribution in [3.05, 3.63) is 206 Å². The lowest BCUT2D eigenvalue weighted by Gasteiger charge is -2.20. The number of nitrogens with zero attached hydrogens (tertiary/aromatic N) is 3. The highest BCUT2D eigenvalue weighted by Gasteiger charge is 2.29. The van der Waals surface area contributed by atoms with Crippen LogP contribution >= 0.6 is 7.14 Å². The molecule has 4 nitrogen and oxygen atoms in total. The topological polar surface area (TPSA) is 55.7 Å². The Hall–Kier alpha value is -6.74. The molecule has 5 heteroatoms. The van der Waals surface area contributed by atoms with Gasteiger partial charge in [-0.25, -0.2) is 15.0 Å². The van der Waals surface area contributed by atoms with Crippen molar-refractivity contribution in [2.24, 2.45) is 0 Å². The van der Waals surface area contributed by atoms with Gasteiger partial charge in [-0.15, -0.1) is 0 Å². The monoisotopic (exact) mass is 711 g/mol. The summed E-state index contributed by atoms with van der Waals surface area (Å²) in [5.41, 5.74) is 7.24. The molecule has 54 heavy (non-hydrogen) atoms. The summed E-state index contributed by atoms with van der Waals surface area (Å²) in [5, 5.41) is 4.78. The number of hydrogen-bond acceptors (Lipinski definition) is 4. The number of rotatable bonds is 8. The van der Waals surface area contributed by atoms with E-state index >= 15 is 0 Å². The molecular formula is C49H34N3OP. The van der Waals surface area contributed by atoms with Crippen LogP contribution in [-0.2, 0) is 4.57 Å². The first-order valence-electron chi connectivity index (χ1n) is 18.0. The minimum Gasteiger partial charge on any atom is -0.309 e. The summed E-state index contributed by atoms with van der Waals surface area (Å²) in [7, 11) is -3.06. The fraction of sp³-hybridized carbons (Fsp3) is 0. The van der Waals surface area contributed by atoms with E-state index in [1.807, 2.05) is 133 Å². The smallest absolute Gasteiger partial charge is 0.171 e. The largest absolute Gasteiger partial charge is 0.309 e. The van der Waals surface area contributed by atoms with Crippen LogP contribution in [0.5, 0.6) is 0 Å². The van der Waals surface area contributed by atoms with E-state index in [-0.39, 0.29) is 0 Å². The molecular weight excluding hydrogens is 678 g/mol. The molecule has 0 bridgehead atoms. The van der Waals surface area contributed by atoms with E-state index in [0.29, 0.717) is 17.5 Å². The Morgan fingerprint density at radius 3 is 1.00 bits per heavy atom. The highest BCUT2D eigenvalue weighted by atomic mass is 31.2. The average molecular weight is 712 g/mol. The second-order valence-corrected chi connectivity index (χ2v) is 15.9. The van der Waals surface area contributed by atoms with Crippen LogP contribution in [0.1, 0.15) is 0 Å². The normalized spacial score (nSPS) is 11.4. The minimum atomic E-state index is -3.06. The van der Waals surface area contributed by atoms with Crippen LogP contribution in [0.2, 0.25) is 0 Å². The van der Waals surface area contributed by atoms with Crippen molar-refractivity contribution < 1.29 is 4.57 Å². The third-order valence-electron chi connectivity index (χ3n) is 9.86. The molecule has 0 unspecified atom stereocenters. The van der Waals surface area contributed by atoms with Crippen LogP contribution in [0.3, 0.4) is 0 Å². The van der Waals surface area contributed by atoms with Crippen molar-refractivity contribution in [2.75, 3.05) is 0 Å². The van der Waals surface area contributed by atoms with Gasteiger partial charge in [0.1, 0.15) is 0 Å². The van der Waals surface area contributed by atoms with Crippen molar-refractivity contribution in [1.29, 1.82) is 0 Å². The molecule has 0 saturated carbocycles. The maximum atomic E-state index is 14.9. The van der Waals surface area contributed by atoms with Crippen LogP contribution in [0.4, 0.5) is 0 Å². The van der Waals surface area contributed by atoms with Crippen molar-refractivity contribution in [2.45, 2.75) is 0 Å². The molecule has 0 spiro atoms. The minimum absolute atomic E-state index is 0.627. The Bertz CT molecular complexity index is 2650. The lowest BCUT2D eigenvalue weighted by molar-refractivity contribution is 0.592. The quantitative estimate of drug-likeness (QED) is 0.147. The van der Waals surface area contributed by atoms with Crippen LogP contribution in [0.25, 0.3) is 67.2 Å². The fourth-order valence-corrected chi connectivity index (χ4v) is 9.77. The fourth-order valence-electron chi connectivity index (χ4n) is 7.12. The highest BCUT2D eigenvalue weighted by Crippen LogP contribution is 2.43. The second kappa shape index (κ2) is 14.4. The molecule has 0 aliphatic rings. The van der Waals surface area contributed by atoms with E-state index in [1.54, 1.807) is 0 Å². The number of aromatic nitrogens is 3. The molecule has 0 amide bonds. The van der Waals surface area contributed by atoms with E-state index in [2.05, 4.69) is 72.8 Å². The zero-order valence-electron chi connectivity index (χ0n) is 29.3. The van der Waals surface area contributed by atoms with Crippen LogP contribution in [0, 0.1) is 0 Å². The van der Waals surface area contributed by atoms with Crippen molar-refractivity contribution in [3.63, 3.8) is 0 Å². The van der Waals surface area contributed by atoms with Gasteiger partial charge in [-0.05, 0) is 33.0 Å². The first kappa shape index (κ1) is 33.1. The van der Waals surface area contributed by atoms with Gasteiger partial charge in [-0.2, -0.15) is 0 Å². The Labute approximate surface area is 314 Å². The molecule has 8 aromatic carbocycles. The maximum Gasteiger partial charge on any atom is 0.171 e. The predicted octanol–water partition coefficient (Wildman–Crippen LogP) is 11.0. The summed E-state index contributed by atoms with van der Waals surface area (Å²) in [6.07, 6.45) is 0. The van der Waals surface area contributed by atoms with Gasteiger partial charge >= 0.3 is 0 Å². The van der Waals surface area contributed by atoms with E-state index < -0.39 is 7.14 Å². The van der Waals surface area contributed by atoms with Gasteiger partial charge in [-0.3, -0.25) is 0 Å². The first-order chi connectivity index (χ1) is 26.6. The molecule has 0 N–H and O–H groups in total. The zero-order chi connectivity index (χ0) is 36.3. The maximum absolute atomic E-state index is 14.9. The zero-order valence-corrected chi connectivity index (χ0v) is 30.2. The van der Waals surface area contributed by atoms with E-state index in [9.17, 15) is 4.57 Å². The van der Waals surface area contributed by atoms with Gasteiger partial charge in [-0.1, -0.05) is 206 Å². The van der Waals surface area contributed by atoms with Gasteiger partial charge in [0.05, 0.1) is 0 Å². The Balaban J connectivity index is 1.07. The summed E-state index contributed by atoms with van der Waals surface area (Å²) < 4.78 is 14.9. The molecule has 9 rings (SSSR count). The second-order valence-electron chi connectivity index (χ2n) is 13.1. The summed E-state index contributed by atoms with van der Waals surface area (Å²) >= 11 is 0. The molecule has 0 atom stereocenters. The molecule has 0 saturated heterocycles. The summed E-state index contributed by atoms with van der Waals surface area (Å²) in [6.45, 7) is 0. The third-order valence-corrected chi connectivity index (χ3v) is 12.9. The highest BCUT2D eigenvalue weighted by molar-refractivity contribution is 7.85. The van der Waals surface area contributed by atoms with Crippen LogP contribution in [0.15, 0.2) is 206 Å². The first-order valence-corrected chi connectivity index (χ1v) is 19.7. The van der Waals surface area contributed by atoms with Gasteiger partial charge in [0.2, 0.25) is 0 Å². The molecule has 1 aromatic heterocycles. The molecule has 0 aliphatic carbocycles. The van der Waals surface area contributed by atoms with Crippen molar-refractivity contribution in [1.82, 2.24) is 15.0 Å². The van der Waals surface area contributed by atoms with E-state index in [1.165, 1.54) is 0 Å². The lowest BCUT2D eigenvalue weighted by atomic mass is 9.92. The van der Waals surface area contributed by atoms with Gasteiger partial charge in [0, 0.05) is 32.6 Å². The molecule has 0 fully saturated rings. The summed E-state index contributed by atoms with van der Waals surface area (Å²) in [4.78, 5) is 14.7. The number of fused-ring (bicyclic) bond motifs is 1. The SMILES string of the molecule is O=P(c1ccccc1)(c1ccccc1)c1ccc(-c2cccc3c(-c4ccc(-c5nc(-c6ccccc6)nc(-c6ccccc6)n5)cc4)cccc23)cc1.